The minimum Gasteiger partial charge on any atom is -0.349 e. The molecule has 0 bridgehead atoms. The second kappa shape index (κ2) is 4.73. The number of urea groups is 1. The Balaban J connectivity index is 2.50. The summed E-state index contributed by atoms with van der Waals surface area (Å²) >= 11 is 0. The van der Waals surface area contributed by atoms with E-state index >= 15 is 0 Å². The van der Waals surface area contributed by atoms with Gasteiger partial charge in [0.1, 0.15) is 5.54 Å². The zero-order valence-electron chi connectivity index (χ0n) is 10.7. The predicted molar refractivity (Wildman–Crippen MR) is 62.3 cm³/mol. The molecule has 0 aromatic rings. The highest BCUT2D eigenvalue weighted by Gasteiger charge is 2.44. The van der Waals surface area contributed by atoms with Crippen molar-refractivity contribution in [1.29, 1.82) is 0 Å². The van der Waals surface area contributed by atoms with E-state index in [0.29, 0.717) is 19.4 Å². The lowest BCUT2D eigenvalue weighted by Crippen LogP contribution is -2.44. The molecule has 6 nitrogen and oxygen atoms in total. The van der Waals surface area contributed by atoms with Crippen LogP contribution in [0.5, 0.6) is 0 Å². The first-order valence-corrected chi connectivity index (χ1v) is 5.60. The van der Waals surface area contributed by atoms with Crippen molar-refractivity contribution in [3.8, 4) is 0 Å². The van der Waals surface area contributed by atoms with Crippen molar-refractivity contribution in [3.05, 3.63) is 0 Å². The minimum atomic E-state index is -0.821. The Morgan fingerprint density at radius 3 is 2.35 bits per heavy atom. The van der Waals surface area contributed by atoms with Crippen LogP contribution in [-0.4, -0.2) is 53.8 Å². The van der Waals surface area contributed by atoms with Gasteiger partial charge in [-0.05, 0) is 20.3 Å². The number of rotatable bonds is 4. The Kier molecular flexibility index (Phi) is 3.75. The van der Waals surface area contributed by atoms with Crippen LogP contribution in [0.25, 0.3) is 0 Å². The Bertz CT molecular complexity index is 350. The molecule has 1 N–H and O–H groups in total. The zero-order valence-corrected chi connectivity index (χ0v) is 10.7. The van der Waals surface area contributed by atoms with Gasteiger partial charge < -0.3 is 9.80 Å². The maximum Gasteiger partial charge on any atom is 0.324 e. The topological polar surface area (TPSA) is 69.7 Å². The molecule has 0 unspecified atom stereocenters. The number of amides is 4. The molecule has 0 aromatic carbocycles. The molecule has 1 aliphatic rings. The van der Waals surface area contributed by atoms with Gasteiger partial charge in [0.25, 0.3) is 5.91 Å². The maximum atomic E-state index is 11.5. The minimum absolute atomic E-state index is 0.0220. The van der Waals surface area contributed by atoms with E-state index in [9.17, 15) is 14.4 Å². The SMILES string of the molecule is CN(C)C(=O)CCCN1C(=O)NC(=O)C1(C)C. The average molecular weight is 241 g/mol. The standard InChI is InChI=1S/C11H19N3O3/c1-11(2)9(16)12-10(17)14(11)7-5-6-8(15)13(3)4/h5-7H2,1-4H3,(H,12,16,17). The van der Waals surface area contributed by atoms with Crippen LogP contribution in [-0.2, 0) is 9.59 Å². The van der Waals surface area contributed by atoms with Crippen molar-refractivity contribution in [2.45, 2.75) is 32.2 Å². The van der Waals surface area contributed by atoms with Crippen LogP contribution >= 0.6 is 0 Å². The highest BCUT2D eigenvalue weighted by molar-refractivity contribution is 6.06. The van der Waals surface area contributed by atoms with Gasteiger partial charge in [-0.25, -0.2) is 4.79 Å². The van der Waals surface area contributed by atoms with Crippen LogP contribution in [0, 0.1) is 0 Å². The van der Waals surface area contributed by atoms with Crippen molar-refractivity contribution >= 4 is 17.8 Å². The normalized spacial score (nSPS) is 18.2. The Morgan fingerprint density at radius 1 is 1.35 bits per heavy atom. The van der Waals surface area contributed by atoms with Gasteiger partial charge in [-0.1, -0.05) is 0 Å². The molecule has 1 aliphatic heterocycles. The number of imide groups is 1. The summed E-state index contributed by atoms with van der Waals surface area (Å²) in [5.74, 6) is -0.268. The Hall–Kier alpha value is -1.59. The number of nitrogens with zero attached hydrogens (tertiary/aromatic N) is 2. The van der Waals surface area contributed by atoms with Crippen molar-refractivity contribution in [2.24, 2.45) is 0 Å². The maximum absolute atomic E-state index is 11.5. The van der Waals surface area contributed by atoms with E-state index in [2.05, 4.69) is 5.32 Å². The molecule has 0 radical (unpaired) electrons. The molecule has 1 fully saturated rings. The summed E-state index contributed by atoms with van der Waals surface area (Å²) < 4.78 is 0. The monoisotopic (exact) mass is 241 g/mol. The van der Waals surface area contributed by atoms with Gasteiger partial charge in [-0.2, -0.15) is 0 Å². The third kappa shape index (κ3) is 2.75. The number of carbonyl (C=O) groups is 3. The highest BCUT2D eigenvalue weighted by atomic mass is 16.2. The quantitative estimate of drug-likeness (QED) is 0.714. The van der Waals surface area contributed by atoms with Gasteiger partial charge in [0, 0.05) is 27.1 Å². The van der Waals surface area contributed by atoms with Crippen LogP contribution < -0.4 is 5.32 Å². The zero-order chi connectivity index (χ0) is 13.2. The highest BCUT2D eigenvalue weighted by Crippen LogP contribution is 2.21. The van der Waals surface area contributed by atoms with Gasteiger partial charge in [-0.15, -0.1) is 0 Å². The van der Waals surface area contributed by atoms with Crippen molar-refractivity contribution in [2.75, 3.05) is 20.6 Å². The molecule has 17 heavy (non-hydrogen) atoms. The molecule has 1 heterocycles. The van der Waals surface area contributed by atoms with Gasteiger partial charge in [0.15, 0.2) is 0 Å². The fourth-order valence-corrected chi connectivity index (χ4v) is 1.69. The lowest BCUT2D eigenvalue weighted by Gasteiger charge is -2.27. The molecule has 6 heteroatoms. The molecule has 0 saturated carbocycles. The van der Waals surface area contributed by atoms with E-state index in [-0.39, 0.29) is 17.8 Å². The first-order chi connectivity index (χ1) is 7.76. The van der Waals surface area contributed by atoms with Crippen molar-refractivity contribution in [3.63, 3.8) is 0 Å². The lowest BCUT2D eigenvalue weighted by molar-refractivity contribution is -0.128. The van der Waals surface area contributed by atoms with Crippen LogP contribution in [0.1, 0.15) is 26.7 Å². The van der Waals surface area contributed by atoms with Crippen LogP contribution in [0.3, 0.4) is 0 Å². The van der Waals surface area contributed by atoms with Crippen LogP contribution in [0.2, 0.25) is 0 Å². The molecular formula is C11H19N3O3. The number of nitrogens with one attached hydrogen (secondary N) is 1. The third-order valence-corrected chi connectivity index (χ3v) is 2.97. The summed E-state index contributed by atoms with van der Waals surface area (Å²) in [5, 5.41) is 2.27. The second-order valence-electron chi connectivity index (χ2n) is 4.86. The smallest absolute Gasteiger partial charge is 0.324 e. The predicted octanol–water partition coefficient (Wildman–Crippen LogP) is 0.185. The van der Waals surface area contributed by atoms with Gasteiger partial charge in [-0.3, -0.25) is 14.9 Å². The van der Waals surface area contributed by atoms with Gasteiger partial charge >= 0.3 is 6.03 Å². The summed E-state index contributed by atoms with van der Waals surface area (Å²) in [5.41, 5.74) is -0.821. The average Bonchev–Trinajstić information content (AvgIpc) is 2.40. The molecule has 0 aromatic heterocycles. The van der Waals surface area contributed by atoms with Gasteiger partial charge in [0.2, 0.25) is 5.91 Å². The van der Waals surface area contributed by atoms with E-state index in [4.69, 9.17) is 0 Å². The fourth-order valence-electron chi connectivity index (χ4n) is 1.69. The molecule has 96 valence electrons. The summed E-state index contributed by atoms with van der Waals surface area (Å²) in [4.78, 5) is 37.3. The summed E-state index contributed by atoms with van der Waals surface area (Å²) in [6.07, 6.45) is 0.933. The van der Waals surface area contributed by atoms with Crippen LogP contribution in [0.4, 0.5) is 4.79 Å². The number of carbonyl (C=O) groups excluding carboxylic acids is 3. The number of hydrogen-bond acceptors (Lipinski definition) is 3. The van der Waals surface area contributed by atoms with Crippen molar-refractivity contribution in [1.82, 2.24) is 15.1 Å². The van der Waals surface area contributed by atoms with Crippen LogP contribution in [0.15, 0.2) is 0 Å². The second-order valence-corrected chi connectivity index (χ2v) is 4.86. The summed E-state index contributed by atoms with van der Waals surface area (Å²) in [7, 11) is 3.39. The Labute approximate surface area is 101 Å². The molecule has 0 atom stereocenters. The van der Waals surface area contributed by atoms with Crippen molar-refractivity contribution < 1.29 is 14.4 Å². The van der Waals surface area contributed by atoms with Gasteiger partial charge in [0.05, 0.1) is 0 Å². The first-order valence-electron chi connectivity index (χ1n) is 5.60. The molecule has 1 rings (SSSR count). The third-order valence-electron chi connectivity index (χ3n) is 2.97. The van der Waals surface area contributed by atoms with E-state index in [0.717, 1.165) is 0 Å². The van der Waals surface area contributed by atoms with E-state index in [1.54, 1.807) is 27.9 Å². The van der Waals surface area contributed by atoms with E-state index < -0.39 is 5.54 Å². The summed E-state index contributed by atoms with van der Waals surface area (Å²) in [6.45, 7) is 3.80. The van der Waals surface area contributed by atoms with E-state index in [1.165, 1.54) is 9.80 Å². The molecule has 1 saturated heterocycles. The summed E-state index contributed by atoms with van der Waals surface area (Å²) in [6, 6.07) is -0.377. The fraction of sp³-hybridized carbons (Fsp3) is 0.727. The Morgan fingerprint density at radius 2 is 1.94 bits per heavy atom. The lowest BCUT2D eigenvalue weighted by atomic mass is 10.0. The molecule has 0 spiro atoms. The largest absolute Gasteiger partial charge is 0.349 e. The molecule has 0 aliphatic carbocycles. The number of hydrogen-bond donors (Lipinski definition) is 1. The molecule has 4 amide bonds. The first kappa shape index (κ1) is 13.5. The molecular weight excluding hydrogens is 222 g/mol. The van der Waals surface area contributed by atoms with E-state index in [1.807, 2.05) is 0 Å².